The number of nitrogens with one attached hydrogen (secondary N) is 1. The summed E-state index contributed by atoms with van der Waals surface area (Å²) in [5.41, 5.74) is 0.991. The van der Waals surface area contributed by atoms with Crippen molar-refractivity contribution in [2.24, 2.45) is 0 Å². The highest BCUT2D eigenvalue weighted by Gasteiger charge is 2.23. The minimum Gasteiger partial charge on any atom is -0.348 e. The van der Waals surface area contributed by atoms with Crippen LogP contribution < -0.4 is 5.32 Å². The molecule has 6 heteroatoms. The molecular formula is C20H20N4OS. The number of carbonyl (C=O) groups is 1. The predicted octanol–water partition coefficient (Wildman–Crippen LogP) is 3.37. The molecule has 1 aromatic heterocycles. The van der Waals surface area contributed by atoms with Crippen molar-refractivity contribution in [2.75, 3.05) is 0 Å². The lowest BCUT2D eigenvalue weighted by Gasteiger charge is -2.17. The second-order valence-corrected chi connectivity index (χ2v) is 7.41. The number of hydrogen-bond acceptors (Lipinski definition) is 4. The van der Waals surface area contributed by atoms with E-state index in [9.17, 15) is 4.79 Å². The zero-order chi connectivity index (χ0) is 17.8. The molecule has 0 unspecified atom stereocenters. The van der Waals surface area contributed by atoms with Crippen LogP contribution in [-0.2, 0) is 24.3 Å². The number of aromatic nitrogens is 3. The maximum atomic E-state index is 13.0. The second-order valence-electron chi connectivity index (χ2n) is 6.23. The molecule has 0 spiro atoms. The fraction of sp³-hybridized carbons (Fsp3) is 0.250. The summed E-state index contributed by atoms with van der Waals surface area (Å²) in [5.74, 6) is 1.84. The zero-order valence-electron chi connectivity index (χ0n) is 14.3. The lowest BCUT2D eigenvalue weighted by molar-refractivity contribution is -0.120. The third kappa shape index (κ3) is 3.65. The van der Waals surface area contributed by atoms with Crippen LogP contribution in [0.15, 0.2) is 65.6 Å². The Kier molecular flexibility index (Phi) is 5.02. The number of aryl methyl sites for hydroxylation is 1. The summed E-state index contributed by atoms with van der Waals surface area (Å²) in [4.78, 5) is 14.0. The van der Waals surface area contributed by atoms with Gasteiger partial charge in [0.25, 0.3) is 0 Å². The van der Waals surface area contributed by atoms with Crippen LogP contribution in [0.2, 0.25) is 0 Å². The summed E-state index contributed by atoms with van der Waals surface area (Å²) in [6.07, 6.45) is 2.07. The quantitative estimate of drug-likeness (QED) is 0.681. The number of benzene rings is 2. The summed E-state index contributed by atoms with van der Waals surface area (Å²) >= 11 is 1.56. The summed E-state index contributed by atoms with van der Waals surface area (Å²) < 4.78 is 2.11. The number of thioether (sulfide) groups is 1. The first kappa shape index (κ1) is 16.8. The topological polar surface area (TPSA) is 59.8 Å². The number of nitrogens with zero attached hydrogens (tertiary/aromatic N) is 3. The van der Waals surface area contributed by atoms with Crippen molar-refractivity contribution in [3.05, 3.63) is 77.9 Å². The van der Waals surface area contributed by atoms with Crippen LogP contribution in [0.5, 0.6) is 0 Å². The van der Waals surface area contributed by atoms with E-state index in [4.69, 9.17) is 0 Å². The largest absolute Gasteiger partial charge is 0.348 e. The Hall–Kier alpha value is -2.60. The van der Waals surface area contributed by atoms with Gasteiger partial charge in [-0.3, -0.25) is 4.79 Å². The molecule has 0 saturated carbocycles. The summed E-state index contributed by atoms with van der Waals surface area (Å²) in [6, 6.07) is 19.9. The van der Waals surface area contributed by atoms with E-state index >= 15 is 0 Å². The van der Waals surface area contributed by atoms with Gasteiger partial charge in [0.05, 0.1) is 6.54 Å². The van der Waals surface area contributed by atoms with Crippen molar-refractivity contribution in [1.29, 1.82) is 0 Å². The van der Waals surface area contributed by atoms with E-state index in [1.165, 1.54) is 0 Å². The lowest BCUT2D eigenvalue weighted by Crippen LogP contribution is -2.28. The number of carbonyl (C=O) groups excluding carboxylic acids is 1. The molecule has 0 fully saturated rings. The standard InChI is InChI=1S/C20H20N4OS/c25-20(21-14-18-23-22-17-12-7-13-24(17)18)19(15-8-3-1-4-9-15)26-16-10-5-2-6-11-16/h1-6,8-11,19H,7,12-14H2,(H,21,25)/t19-/m0/s1. The lowest BCUT2D eigenvalue weighted by atomic mass is 10.1. The van der Waals surface area contributed by atoms with Gasteiger partial charge in [0.2, 0.25) is 5.91 Å². The zero-order valence-corrected chi connectivity index (χ0v) is 15.2. The van der Waals surface area contributed by atoms with Crippen molar-refractivity contribution in [1.82, 2.24) is 20.1 Å². The van der Waals surface area contributed by atoms with Gasteiger partial charge in [0.15, 0.2) is 5.82 Å². The van der Waals surface area contributed by atoms with Gasteiger partial charge in [0, 0.05) is 17.9 Å². The van der Waals surface area contributed by atoms with Crippen molar-refractivity contribution >= 4 is 17.7 Å². The number of hydrogen-bond donors (Lipinski definition) is 1. The SMILES string of the molecule is O=C(NCc1nnc2n1CCC2)[C@@H](Sc1ccccc1)c1ccccc1. The molecule has 1 aliphatic rings. The van der Waals surface area contributed by atoms with Crippen LogP contribution in [-0.4, -0.2) is 20.7 Å². The van der Waals surface area contributed by atoms with Gasteiger partial charge in [0.1, 0.15) is 11.1 Å². The highest BCUT2D eigenvalue weighted by Crippen LogP contribution is 2.35. The maximum absolute atomic E-state index is 13.0. The average molecular weight is 364 g/mol. The Morgan fingerprint density at radius 2 is 1.81 bits per heavy atom. The Bertz CT molecular complexity index is 879. The molecule has 1 amide bonds. The van der Waals surface area contributed by atoms with Crippen LogP contribution in [0.4, 0.5) is 0 Å². The molecule has 3 aromatic rings. The number of amides is 1. The molecule has 0 aliphatic carbocycles. The third-order valence-electron chi connectivity index (χ3n) is 4.44. The fourth-order valence-corrected chi connectivity index (χ4v) is 4.21. The highest BCUT2D eigenvalue weighted by molar-refractivity contribution is 8.00. The van der Waals surface area contributed by atoms with E-state index in [0.29, 0.717) is 6.54 Å². The molecule has 5 nitrogen and oxygen atoms in total. The maximum Gasteiger partial charge on any atom is 0.238 e. The van der Waals surface area contributed by atoms with E-state index in [1.54, 1.807) is 11.8 Å². The van der Waals surface area contributed by atoms with Gasteiger partial charge in [-0.25, -0.2) is 0 Å². The van der Waals surface area contributed by atoms with Crippen molar-refractivity contribution in [3.63, 3.8) is 0 Å². The van der Waals surface area contributed by atoms with Crippen LogP contribution in [0.25, 0.3) is 0 Å². The predicted molar refractivity (Wildman–Crippen MR) is 102 cm³/mol. The average Bonchev–Trinajstić information content (AvgIpc) is 3.30. The molecule has 0 bridgehead atoms. The van der Waals surface area contributed by atoms with Gasteiger partial charge in [-0.2, -0.15) is 0 Å². The molecule has 4 rings (SSSR count). The van der Waals surface area contributed by atoms with Crippen molar-refractivity contribution < 1.29 is 4.79 Å². The molecule has 0 radical (unpaired) electrons. The van der Waals surface area contributed by atoms with Gasteiger partial charge in [-0.15, -0.1) is 22.0 Å². The van der Waals surface area contributed by atoms with E-state index in [-0.39, 0.29) is 11.2 Å². The number of fused-ring (bicyclic) bond motifs is 1. The summed E-state index contributed by atoms with van der Waals surface area (Å²) in [5, 5.41) is 11.2. The third-order valence-corrected chi connectivity index (χ3v) is 5.71. The van der Waals surface area contributed by atoms with E-state index < -0.39 is 0 Å². The van der Waals surface area contributed by atoms with E-state index in [1.807, 2.05) is 60.7 Å². The molecule has 0 saturated heterocycles. The summed E-state index contributed by atoms with van der Waals surface area (Å²) in [7, 11) is 0. The Balaban J connectivity index is 1.50. The Morgan fingerprint density at radius 3 is 2.58 bits per heavy atom. The first-order chi connectivity index (χ1) is 12.8. The van der Waals surface area contributed by atoms with Crippen LogP contribution >= 0.6 is 11.8 Å². The molecule has 1 N–H and O–H groups in total. The Labute approximate surface area is 156 Å². The molecule has 1 atom stereocenters. The van der Waals surface area contributed by atoms with Gasteiger partial charge >= 0.3 is 0 Å². The minimum absolute atomic E-state index is 0.0135. The fourth-order valence-electron chi connectivity index (χ4n) is 3.14. The molecule has 2 heterocycles. The van der Waals surface area contributed by atoms with Crippen molar-refractivity contribution in [3.8, 4) is 0 Å². The highest BCUT2D eigenvalue weighted by atomic mass is 32.2. The number of rotatable bonds is 6. The normalized spacial score (nSPS) is 14.0. The monoisotopic (exact) mass is 364 g/mol. The minimum atomic E-state index is -0.306. The van der Waals surface area contributed by atoms with Gasteiger partial charge in [-0.05, 0) is 24.1 Å². The van der Waals surface area contributed by atoms with E-state index in [2.05, 4.69) is 20.1 Å². The van der Waals surface area contributed by atoms with Crippen LogP contribution in [0, 0.1) is 0 Å². The second kappa shape index (κ2) is 7.74. The van der Waals surface area contributed by atoms with Gasteiger partial charge in [-0.1, -0.05) is 48.5 Å². The van der Waals surface area contributed by atoms with Crippen molar-refractivity contribution in [2.45, 2.75) is 36.1 Å². The summed E-state index contributed by atoms with van der Waals surface area (Å²) in [6.45, 7) is 1.35. The first-order valence-electron chi connectivity index (χ1n) is 8.76. The molecule has 26 heavy (non-hydrogen) atoms. The molecular weight excluding hydrogens is 344 g/mol. The Morgan fingerprint density at radius 1 is 1.08 bits per heavy atom. The molecule has 1 aliphatic heterocycles. The van der Waals surface area contributed by atoms with Crippen LogP contribution in [0.3, 0.4) is 0 Å². The van der Waals surface area contributed by atoms with Crippen LogP contribution in [0.1, 0.15) is 28.9 Å². The van der Waals surface area contributed by atoms with E-state index in [0.717, 1.165) is 41.5 Å². The van der Waals surface area contributed by atoms with Gasteiger partial charge < -0.3 is 9.88 Å². The first-order valence-corrected chi connectivity index (χ1v) is 9.64. The molecule has 132 valence electrons. The molecule has 2 aromatic carbocycles. The smallest absolute Gasteiger partial charge is 0.238 e.